The molecule has 0 aliphatic carbocycles. The van der Waals surface area contributed by atoms with Crippen molar-refractivity contribution in [1.29, 1.82) is 0 Å². The highest BCUT2D eigenvalue weighted by atomic mass is 35.5. The molecule has 2 amide bonds. The first-order valence-electron chi connectivity index (χ1n) is 11.9. The van der Waals surface area contributed by atoms with Crippen molar-refractivity contribution in [3.63, 3.8) is 0 Å². The van der Waals surface area contributed by atoms with Gasteiger partial charge in [-0.05, 0) is 36.8 Å². The zero-order valence-electron chi connectivity index (χ0n) is 20.0. The Bertz CT molecular complexity index is 1400. The summed E-state index contributed by atoms with van der Waals surface area (Å²) in [6.45, 7) is 5.05. The van der Waals surface area contributed by atoms with Crippen LogP contribution < -0.4 is 5.32 Å². The lowest BCUT2D eigenvalue weighted by Gasteiger charge is -2.34. The molecule has 3 heterocycles. The van der Waals surface area contributed by atoms with Crippen molar-refractivity contribution in [1.82, 2.24) is 29.7 Å². The summed E-state index contributed by atoms with van der Waals surface area (Å²) in [6.07, 6.45) is 3.39. The van der Waals surface area contributed by atoms with Crippen molar-refractivity contribution in [3.8, 4) is 5.95 Å². The first-order chi connectivity index (χ1) is 17.5. The molecule has 1 fully saturated rings. The predicted octanol–water partition coefficient (Wildman–Crippen LogP) is 3.46. The first-order valence-corrected chi connectivity index (χ1v) is 12.3. The summed E-state index contributed by atoms with van der Waals surface area (Å²) < 4.78 is 1.93. The highest BCUT2D eigenvalue weighted by Crippen LogP contribution is 2.29. The molecule has 0 radical (unpaired) electrons. The molecule has 2 aromatic carbocycles. The van der Waals surface area contributed by atoms with Crippen molar-refractivity contribution in [2.75, 3.05) is 32.7 Å². The molecule has 1 saturated heterocycles. The molecule has 36 heavy (non-hydrogen) atoms. The highest BCUT2D eigenvalue weighted by Gasteiger charge is 2.28. The van der Waals surface area contributed by atoms with E-state index in [0.717, 1.165) is 22.2 Å². The number of fused-ring (bicyclic) bond motifs is 1. The van der Waals surface area contributed by atoms with Gasteiger partial charge in [0, 0.05) is 61.2 Å². The minimum atomic E-state index is -0.0449. The maximum atomic E-state index is 13.7. The molecule has 5 rings (SSSR count). The lowest BCUT2D eigenvalue weighted by atomic mass is 10.1. The van der Waals surface area contributed by atoms with Crippen LogP contribution in [0.1, 0.15) is 21.6 Å². The van der Waals surface area contributed by atoms with Crippen LogP contribution in [0.5, 0.6) is 0 Å². The Kier molecular flexibility index (Phi) is 6.97. The molecular weight excluding hydrogens is 476 g/mol. The molecule has 0 unspecified atom stereocenters. The van der Waals surface area contributed by atoms with E-state index < -0.39 is 0 Å². The van der Waals surface area contributed by atoms with E-state index in [9.17, 15) is 9.59 Å². The monoisotopic (exact) mass is 502 g/mol. The lowest BCUT2D eigenvalue weighted by molar-refractivity contribution is -0.122. The average Bonchev–Trinajstić information content (AvgIpc) is 3.19. The number of nitrogens with zero attached hydrogens (tertiary/aromatic N) is 5. The number of hydrogen-bond acceptors (Lipinski definition) is 5. The molecular formula is C27H27ClN6O2. The quantitative estimate of drug-likeness (QED) is 0.436. The van der Waals surface area contributed by atoms with Crippen LogP contribution in [-0.2, 0) is 11.3 Å². The van der Waals surface area contributed by atoms with Gasteiger partial charge in [0.25, 0.3) is 5.91 Å². The molecule has 1 N–H and O–H groups in total. The molecule has 0 atom stereocenters. The number of para-hydroxylation sites is 1. The fourth-order valence-electron chi connectivity index (χ4n) is 4.68. The Balaban J connectivity index is 1.24. The third-order valence-electron chi connectivity index (χ3n) is 6.48. The number of carbonyl (C=O) groups excluding carboxylic acids is 2. The van der Waals surface area contributed by atoms with Gasteiger partial charge in [-0.3, -0.25) is 19.1 Å². The highest BCUT2D eigenvalue weighted by molar-refractivity contribution is 6.30. The second-order valence-corrected chi connectivity index (χ2v) is 9.27. The topological polar surface area (TPSA) is 83.4 Å². The smallest absolute Gasteiger partial charge is 0.256 e. The van der Waals surface area contributed by atoms with Gasteiger partial charge in [0.1, 0.15) is 0 Å². The molecule has 4 aromatic rings. The van der Waals surface area contributed by atoms with Crippen molar-refractivity contribution in [2.24, 2.45) is 0 Å². The summed E-state index contributed by atoms with van der Waals surface area (Å²) in [6, 6.07) is 17.1. The SMILES string of the molecule is Cc1c(C(=O)N2CCN(CC(=O)NCc3cccc(Cl)c3)CC2)c2ccccc2n1-c1ncccn1. The van der Waals surface area contributed by atoms with E-state index in [1.54, 1.807) is 18.5 Å². The molecule has 2 aromatic heterocycles. The van der Waals surface area contributed by atoms with Gasteiger partial charge < -0.3 is 10.2 Å². The third kappa shape index (κ3) is 4.96. The third-order valence-corrected chi connectivity index (χ3v) is 6.72. The number of nitrogens with one attached hydrogen (secondary N) is 1. The van der Waals surface area contributed by atoms with Gasteiger partial charge in [0.05, 0.1) is 17.6 Å². The number of halogens is 1. The molecule has 0 spiro atoms. The largest absolute Gasteiger partial charge is 0.351 e. The fraction of sp³-hybridized carbons (Fsp3) is 0.259. The van der Waals surface area contributed by atoms with Crippen LogP contribution in [0.4, 0.5) is 0 Å². The number of rotatable bonds is 6. The van der Waals surface area contributed by atoms with Crippen molar-refractivity contribution < 1.29 is 9.59 Å². The average molecular weight is 503 g/mol. The zero-order valence-corrected chi connectivity index (χ0v) is 20.8. The molecule has 0 saturated carbocycles. The van der Waals surface area contributed by atoms with Crippen molar-refractivity contribution >= 4 is 34.3 Å². The van der Waals surface area contributed by atoms with Gasteiger partial charge in [0.2, 0.25) is 11.9 Å². The molecule has 1 aliphatic rings. The standard InChI is InChI=1S/C27H27ClN6O2/c1-19-25(22-8-2-3-9-23(22)34(19)27-29-10-5-11-30-27)26(36)33-14-12-32(13-15-33)18-24(35)31-17-20-6-4-7-21(28)16-20/h2-11,16H,12-15,17-18H2,1H3,(H,31,35). The van der Waals surface area contributed by atoms with Gasteiger partial charge >= 0.3 is 0 Å². The summed E-state index contributed by atoms with van der Waals surface area (Å²) in [7, 11) is 0. The first kappa shape index (κ1) is 24.0. The Labute approximate surface area is 214 Å². The number of carbonyl (C=O) groups is 2. The summed E-state index contributed by atoms with van der Waals surface area (Å²) in [5, 5.41) is 4.48. The second kappa shape index (κ2) is 10.5. The maximum absolute atomic E-state index is 13.7. The summed E-state index contributed by atoms with van der Waals surface area (Å²) >= 11 is 6.01. The van der Waals surface area contributed by atoms with E-state index in [0.29, 0.717) is 55.8 Å². The van der Waals surface area contributed by atoms with Gasteiger partial charge in [-0.25, -0.2) is 9.97 Å². The van der Waals surface area contributed by atoms with E-state index in [2.05, 4.69) is 20.2 Å². The molecule has 184 valence electrons. The van der Waals surface area contributed by atoms with E-state index in [4.69, 9.17) is 11.6 Å². The number of amides is 2. The second-order valence-electron chi connectivity index (χ2n) is 8.84. The van der Waals surface area contributed by atoms with E-state index in [-0.39, 0.29) is 11.8 Å². The number of piperazine rings is 1. The van der Waals surface area contributed by atoms with Crippen molar-refractivity contribution in [2.45, 2.75) is 13.5 Å². The van der Waals surface area contributed by atoms with Crippen LogP contribution in [0.3, 0.4) is 0 Å². The van der Waals surface area contributed by atoms with Crippen LogP contribution in [0, 0.1) is 6.92 Å². The van der Waals surface area contributed by atoms with Crippen molar-refractivity contribution in [3.05, 3.63) is 88.8 Å². The maximum Gasteiger partial charge on any atom is 0.256 e. The zero-order chi connectivity index (χ0) is 25.1. The summed E-state index contributed by atoms with van der Waals surface area (Å²) in [5.41, 5.74) is 3.35. The van der Waals surface area contributed by atoms with Gasteiger partial charge in [-0.2, -0.15) is 0 Å². The number of hydrogen-bond donors (Lipinski definition) is 1. The number of benzene rings is 2. The minimum absolute atomic E-state index is 0.0107. The normalized spacial score (nSPS) is 14.2. The van der Waals surface area contributed by atoms with E-state index in [1.807, 2.05) is 64.9 Å². The van der Waals surface area contributed by atoms with Crippen LogP contribution in [0.2, 0.25) is 5.02 Å². The van der Waals surface area contributed by atoms with E-state index in [1.165, 1.54) is 0 Å². The van der Waals surface area contributed by atoms with Crippen LogP contribution >= 0.6 is 11.6 Å². The number of aromatic nitrogens is 3. The molecule has 9 heteroatoms. The predicted molar refractivity (Wildman–Crippen MR) is 139 cm³/mol. The van der Waals surface area contributed by atoms with Crippen LogP contribution in [-0.4, -0.2) is 68.9 Å². The molecule has 0 bridgehead atoms. The summed E-state index contributed by atoms with van der Waals surface area (Å²) in [5.74, 6) is 0.485. The molecule has 8 nitrogen and oxygen atoms in total. The lowest BCUT2D eigenvalue weighted by Crippen LogP contribution is -2.51. The Morgan fingerprint density at radius 3 is 2.47 bits per heavy atom. The minimum Gasteiger partial charge on any atom is -0.351 e. The van der Waals surface area contributed by atoms with E-state index >= 15 is 0 Å². The summed E-state index contributed by atoms with van der Waals surface area (Å²) in [4.78, 5) is 38.8. The fourth-order valence-corrected chi connectivity index (χ4v) is 4.89. The Morgan fingerprint density at radius 2 is 1.72 bits per heavy atom. The van der Waals surface area contributed by atoms with Gasteiger partial charge in [-0.1, -0.05) is 41.9 Å². The molecule has 1 aliphatic heterocycles. The Hall–Kier alpha value is -3.75. The van der Waals surface area contributed by atoms with Gasteiger partial charge in [-0.15, -0.1) is 0 Å². The van der Waals surface area contributed by atoms with Crippen LogP contribution in [0.15, 0.2) is 67.0 Å². The van der Waals surface area contributed by atoms with Crippen LogP contribution in [0.25, 0.3) is 16.9 Å². The Morgan fingerprint density at radius 1 is 0.972 bits per heavy atom. The van der Waals surface area contributed by atoms with Gasteiger partial charge in [0.15, 0.2) is 0 Å².